The van der Waals surface area contributed by atoms with Gasteiger partial charge in [-0.05, 0) is 65.6 Å². The fourth-order valence-corrected chi connectivity index (χ4v) is 3.60. The number of carbonyl (C=O) groups is 1. The van der Waals surface area contributed by atoms with E-state index >= 15 is 0 Å². The van der Waals surface area contributed by atoms with Crippen molar-refractivity contribution < 1.29 is 17.6 Å². The molecule has 0 fully saturated rings. The Labute approximate surface area is 159 Å². The number of hydrogen-bond acceptors (Lipinski definition) is 6. The second kappa shape index (κ2) is 8.30. The van der Waals surface area contributed by atoms with Crippen LogP contribution in [0.3, 0.4) is 0 Å². The van der Waals surface area contributed by atoms with Crippen LogP contribution >= 0.6 is 11.5 Å². The zero-order valence-electron chi connectivity index (χ0n) is 13.9. The maximum atomic E-state index is 12.9. The topological polar surface area (TPSA) is 89.0 Å². The summed E-state index contributed by atoms with van der Waals surface area (Å²) >= 11 is 1.18. The molecule has 27 heavy (non-hydrogen) atoms. The quantitative estimate of drug-likeness (QED) is 0.484. The summed E-state index contributed by atoms with van der Waals surface area (Å²) in [5.41, 5.74) is 1.57. The van der Waals surface area contributed by atoms with Crippen LogP contribution in [-0.4, -0.2) is 23.8 Å². The molecule has 9 heteroatoms. The van der Waals surface area contributed by atoms with E-state index in [9.17, 15) is 17.6 Å². The van der Waals surface area contributed by atoms with Gasteiger partial charge in [0.1, 0.15) is 5.82 Å². The molecule has 0 atom stereocenters. The molecule has 3 rings (SSSR count). The van der Waals surface area contributed by atoms with E-state index in [-0.39, 0.29) is 23.0 Å². The van der Waals surface area contributed by atoms with Crippen LogP contribution in [0, 0.1) is 5.82 Å². The largest absolute Gasteiger partial charge is 0.289 e. The SMILES string of the molecule is O=C(C=Cc1csnn1)c1ccc(S(=O)(=O)NCc2ccc(F)cc2)cc1. The molecule has 0 radical (unpaired) electrons. The third-order valence-corrected chi connectivity index (χ3v) is 5.55. The number of allylic oxidation sites excluding steroid dienone is 1. The molecule has 0 saturated carbocycles. The molecule has 0 bridgehead atoms. The lowest BCUT2D eigenvalue weighted by atomic mass is 10.1. The fourth-order valence-electron chi connectivity index (χ4n) is 2.16. The van der Waals surface area contributed by atoms with Crippen molar-refractivity contribution >= 4 is 33.4 Å². The molecule has 1 aromatic heterocycles. The number of halogens is 1. The van der Waals surface area contributed by atoms with E-state index in [1.165, 1.54) is 66.1 Å². The summed E-state index contributed by atoms with van der Waals surface area (Å²) in [6.45, 7) is 0.0354. The first-order chi connectivity index (χ1) is 12.9. The number of sulfonamides is 1. The second-order valence-electron chi connectivity index (χ2n) is 5.50. The third-order valence-electron chi connectivity index (χ3n) is 3.61. The van der Waals surface area contributed by atoms with Crippen LogP contribution < -0.4 is 4.72 Å². The van der Waals surface area contributed by atoms with E-state index in [1.54, 1.807) is 11.5 Å². The first-order valence-electron chi connectivity index (χ1n) is 7.78. The van der Waals surface area contributed by atoms with Crippen molar-refractivity contribution in [2.45, 2.75) is 11.4 Å². The maximum Gasteiger partial charge on any atom is 0.240 e. The zero-order valence-corrected chi connectivity index (χ0v) is 15.5. The lowest BCUT2D eigenvalue weighted by molar-refractivity contribution is 0.104. The molecule has 1 heterocycles. The van der Waals surface area contributed by atoms with Crippen LogP contribution in [0.2, 0.25) is 0 Å². The monoisotopic (exact) mass is 403 g/mol. The number of nitrogens with one attached hydrogen (secondary N) is 1. The van der Waals surface area contributed by atoms with E-state index in [4.69, 9.17) is 0 Å². The number of ketones is 1. The Hall–Kier alpha value is -2.75. The lowest BCUT2D eigenvalue weighted by Gasteiger charge is -2.07. The Bertz CT molecular complexity index is 1050. The van der Waals surface area contributed by atoms with Gasteiger partial charge in [-0.3, -0.25) is 4.79 Å². The molecule has 2 aromatic carbocycles. The van der Waals surface area contributed by atoms with Gasteiger partial charge in [-0.15, -0.1) is 5.10 Å². The van der Waals surface area contributed by atoms with Crippen molar-refractivity contribution in [3.63, 3.8) is 0 Å². The first kappa shape index (κ1) is 19.0. The molecular weight excluding hydrogens is 389 g/mol. The number of benzene rings is 2. The Morgan fingerprint density at radius 2 is 1.81 bits per heavy atom. The molecule has 0 unspecified atom stereocenters. The minimum atomic E-state index is -3.75. The average molecular weight is 403 g/mol. The predicted octanol–water partition coefficient (Wildman–Crippen LogP) is 3.05. The number of nitrogens with zero attached hydrogens (tertiary/aromatic N) is 2. The summed E-state index contributed by atoms with van der Waals surface area (Å²) in [5, 5.41) is 5.50. The van der Waals surface area contributed by atoms with Crippen LogP contribution in [0.5, 0.6) is 0 Å². The Balaban J connectivity index is 1.66. The van der Waals surface area contributed by atoms with Gasteiger partial charge in [-0.2, -0.15) is 0 Å². The van der Waals surface area contributed by atoms with Crippen molar-refractivity contribution in [3.8, 4) is 0 Å². The lowest BCUT2D eigenvalue weighted by Crippen LogP contribution is -2.23. The first-order valence-corrected chi connectivity index (χ1v) is 10.1. The van der Waals surface area contributed by atoms with Gasteiger partial charge in [0.05, 0.1) is 10.6 Å². The molecule has 6 nitrogen and oxygen atoms in total. The van der Waals surface area contributed by atoms with Gasteiger partial charge in [0, 0.05) is 17.5 Å². The fraction of sp³-hybridized carbons (Fsp3) is 0.0556. The van der Waals surface area contributed by atoms with E-state index in [0.29, 0.717) is 16.8 Å². The van der Waals surface area contributed by atoms with E-state index in [0.717, 1.165) is 0 Å². The molecule has 0 amide bonds. The molecule has 0 aliphatic rings. The van der Waals surface area contributed by atoms with Gasteiger partial charge in [0.2, 0.25) is 10.0 Å². The summed E-state index contributed by atoms with van der Waals surface area (Å²) < 4.78 is 43.7. The summed E-state index contributed by atoms with van der Waals surface area (Å²) in [5.74, 6) is -0.659. The normalized spacial score (nSPS) is 11.7. The van der Waals surface area contributed by atoms with E-state index in [2.05, 4.69) is 14.3 Å². The molecule has 3 aromatic rings. The molecule has 0 spiro atoms. The molecule has 0 saturated heterocycles. The average Bonchev–Trinajstić information content (AvgIpc) is 3.19. The zero-order chi connectivity index (χ0) is 19.3. The number of carbonyl (C=O) groups excluding carboxylic acids is 1. The Morgan fingerprint density at radius 1 is 1.11 bits per heavy atom. The van der Waals surface area contributed by atoms with Gasteiger partial charge in [0.15, 0.2) is 5.78 Å². The van der Waals surface area contributed by atoms with Gasteiger partial charge in [0.25, 0.3) is 0 Å². The van der Waals surface area contributed by atoms with Crippen LogP contribution in [0.25, 0.3) is 6.08 Å². The Morgan fingerprint density at radius 3 is 2.44 bits per heavy atom. The van der Waals surface area contributed by atoms with Crippen molar-refractivity contribution in [1.82, 2.24) is 14.3 Å². The van der Waals surface area contributed by atoms with Crippen LogP contribution in [0.15, 0.2) is 64.9 Å². The highest BCUT2D eigenvalue weighted by Gasteiger charge is 2.14. The third kappa shape index (κ3) is 5.13. The molecular formula is C18H14FN3O3S2. The predicted molar refractivity (Wildman–Crippen MR) is 100 cm³/mol. The van der Waals surface area contributed by atoms with Crippen molar-refractivity contribution in [1.29, 1.82) is 0 Å². The van der Waals surface area contributed by atoms with Gasteiger partial charge in [-0.25, -0.2) is 17.5 Å². The van der Waals surface area contributed by atoms with Gasteiger partial charge >= 0.3 is 0 Å². The van der Waals surface area contributed by atoms with Crippen molar-refractivity contribution in [3.05, 3.63) is 82.6 Å². The summed E-state index contributed by atoms with van der Waals surface area (Å²) in [6, 6.07) is 11.1. The molecule has 138 valence electrons. The van der Waals surface area contributed by atoms with Crippen LogP contribution in [0.1, 0.15) is 21.6 Å². The highest BCUT2D eigenvalue weighted by Crippen LogP contribution is 2.13. The summed E-state index contributed by atoms with van der Waals surface area (Å²) in [7, 11) is -3.75. The Kier molecular flexibility index (Phi) is 5.84. The highest BCUT2D eigenvalue weighted by molar-refractivity contribution is 7.89. The highest BCUT2D eigenvalue weighted by atomic mass is 32.2. The van der Waals surface area contributed by atoms with Crippen molar-refractivity contribution in [2.75, 3.05) is 0 Å². The number of rotatable bonds is 7. The van der Waals surface area contributed by atoms with E-state index < -0.39 is 10.0 Å². The van der Waals surface area contributed by atoms with Crippen molar-refractivity contribution in [2.24, 2.45) is 0 Å². The molecule has 0 aliphatic heterocycles. The number of hydrogen-bond donors (Lipinski definition) is 1. The van der Waals surface area contributed by atoms with Gasteiger partial charge < -0.3 is 0 Å². The standard InChI is InChI=1S/C18H14FN3O3S2/c19-15-5-1-13(2-6-15)11-20-27(24,25)17-8-3-14(4-9-17)18(23)10-7-16-12-26-22-21-16/h1-10,12,20H,11H2. The smallest absolute Gasteiger partial charge is 0.240 e. The minimum absolute atomic E-state index is 0.0354. The van der Waals surface area contributed by atoms with Gasteiger partial charge in [-0.1, -0.05) is 16.6 Å². The maximum absolute atomic E-state index is 12.9. The minimum Gasteiger partial charge on any atom is -0.289 e. The van der Waals surface area contributed by atoms with Crippen LogP contribution in [0.4, 0.5) is 4.39 Å². The summed E-state index contributed by atoms with van der Waals surface area (Å²) in [4.78, 5) is 12.1. The van der Waals surface area contributed by atoms with E-state index in [1.807, 2.05) is 0 Å². The number of aromatic nitrogens is 2. The second-order valence-corrected chi connectivity index (χ2v) is 7.88. The summed E-state index contributed by atoms with van der Waals surface area (Å²) in [6.07, 6.45) is 2.90. The molecule has 1 N–H and O–H groups in total. The van der Waals surface area contributed by atoms with Crippen LogP contribution in [-0.2, 0) is 16.6 Å². The molecule has 0 aliphatic carbocycles.